The zero-order valence-electron chi connectivity index (χ0n) is 13.0. The third kappa shape index (κ3) is 3.64. The van der Waals surface area contributed by atoms with Crippen molar-refractivity contribution in [3.8, 4) is 0 Å². The number of carbonyl (C=O) groups excluding carboxylic acids is 1. The second kappa shape index (κ2) is 6.70. The van der Waals surface area contributed by atoms with Crippen molar-refractivity contribution in [1.82, 2.24) is 9.38 Å². The molecule has 0 aliphatic carbocycles. The average molecular weight is 358 g/mol. The van der Waals surface area contributed by atoms with E-state index >= 15 is 0 Å². The predicted molar refractivity (Wildman–Crippen MR) is 92.1 cm³/mol. The van der Waals surface area contributed by atoms with Crippen LogP contribution < -0.4 is 5.32 Å². The fourth-order valence-electron chi connectivity index (χ4n) is 2.20. The van der Waals surface area contributed by atoms with Gasteiger partial charge >= 0.3 is 5.97 Å². The summed E-state index contributed by atoms with van der Waals surface area (Å²) >= 11 is 5.96. The summed E-state index contributed by atoms with van der Waals surface area (Å²) in [7, 11) is 0. The maximum Gasteiger partial charge on any atom is 0.358 e. The number of benzene rings is 1. The van der Waals surface area contributed by atoms with Crippen LogP contribution >= 0.6 is 11.6 Å². The Labute approximate surface area is 146 Å². The van der Waals surface area contributed by atoms with Crippen LogP contribution in [0.15, 0.2) is 52.8 Å². The van der Waals surface area contributed by atoms with E-state index in [-0.39, 0.29) is 17.4 Å². The second-order valence-electron chi connectivity index (χ2n) is 5.10. The standard InChI is InChI=1S/C16H12ClN5O3/c1-9(23)18-11-3-2-4-12(7-11)20-21-15-14(16(24)25)19-13-6-5-10(17)8-22(13)15/h2-8H,1H3,(H,18,23)(H,24,25). The molecule has 2 N–H and O–H groups in total. The second-order valence-corrected chi connectivity index (χ2v) is 5.53. The fourth-order valence-corrected chi connectivity index (χ4v) is 2.36. The summed E-state index contributed by atoms with van der Waals surface area (Å²) in [4.78, 5) is 26.5. The number of carbonyl (C=O) groups is 2. The molecule has 0 radical (unpaired) electrons. The molecule has 1 amide bonds. The number of carboxylic acids is 1. The first kappa shape index (κ1) is 16.6. The number of hydrogen-bond acceptors (Lipinski definition) is 5. The van der Waals surface area contributed by atoms with Crippen LogP contribution in [0.1, 0.15) is 17.4 Å². The molecule has 0 aliphatic rings. The quantitative estimate of drug-likeness (QED) is 0.686. The van der Waals surface area contributed by atoms with Crippen molar-refractivity contribution in [2.45, 2.75) is 6.92 Å². The maximum absolute atomic E-state index is 11.4. The number of aromatic carboxylic acids is 1. The summed E-state index contributed by atoms with van der Waals surface area (Å²) in [6.07, 6.45) is 1.51. The Bertz CT molecular complexity index is 1010. The summed E-state index contributed by atoms with van der Waals surface area (Å²) < 4.78 is 1.45. The lowest BCUT2D eigenvalue weighted by Gasteiger charge is -2.02. The SMILES string of the molecule is CC(=O)Nc1cccc(N=Nc2c(C(=O)O)nc3ccc(Cl)cn23)c1. The van der Waals surface area contributed by atoms with Crippen molar-refractivity contribution in [2.75, 3.05) is 5.32 Å². The Morgan fingerprint density at radius 3 is 2.76 bits per heavy atom. The van der Waals surface area contributed by atoms with Crippen LogP contribution in [-0.4, -0.2) is 26.4 Å². The predicted octanol–water partition coefficient (Wildman–Crippen LogP) is 4.06. The van der Waals surface area contributed by atoms with Gasteiger partial charge < -0.3 is 10.4 Å². The van der Waals surface area contributed by atoms with Crippen LogP contribution in [-0.2, 0) is 4.79 Å². The Hall–Kier alpha value is -3.26. The largest absolute Gasteiger partial charge is 0.476 e. The molecule has 1 aromatic carbocycles. The summed E-state index contributed by atoms with van der Waals surface area (Å²) in [5.41, 5.74) is 1.16. The van der Waals surface area contributed by atoms with Gasteiger partial charge in [0.15, 0.2) is 11.5 Å². The first-order valence-corrected chi connectivity index (χ1v) is 7.52. The van der Waals surface area contributed by atoms with Crippen molar-refractivity contribution >= 4 is 46.3 Å². The molecule has 0 fully saturated rings. The third-order valence-electron chi connectivity index (χ3n) is 3.19. The normalized spacial score (nSPS) is 11.1. The Morgan fingerprint density at radius 1 is 1.24 bits per heavy atom. The van der Waals surface area contributed by atoms with E-state index in [1.54, 1.807) is 36.4 Å². The van der Waals surface area contributed by atoms with E-state index in [0.717, 1.165) is 0 Å². The zero-order chi connectivity index (χ0) is 18.0. The summed E-state index contributed by atoms with van der Waals surface area (Å²) in [6.45, 7) is 1.40. The van der Waals surface area contributed by atoms with Gasteiger partial charge in [0.2, 0.25) is 5.91 Å². The molecule has 8 nitrogen and oxygen atoms in total. The van der Waals surface area contributed by atoms with Crippen molar-refractivity contribution in [2.24, 2.45) is 10.2 Å². The average Bonchev–Trinajstić information content (AvgIpc) is 2.91. The number of nitrogens with zero attached hydrogens (tertiary/aromatic N) is 4. The van der Waals surface area contributed by atoms with E-state index in [4.69, 9.17) is 11.6 Å². The van der Waals surface area contributed by atoms with Gasteiger partial charge in [0.05, 0.1) is 10.7 Å². The molecule has 2 heterocycles. The first-order valence-electron chi connectivity index (χ1n) is 7.14. The molecule has 0 unspecified atom stereocenters. The molecule has 0 bridgehead atoms. The lowest BCUT2D eigenvalue weighted by Crippen LogP contribution is -2.05. The van der Waals surface area contributed by atoms with Gasteiger partial charge in [-0.3, -0.25) is 9.20 Å². The number of carboxylic acid groups (broad SMARTS) is 1. The molecule has 0 atom stereocenters. The number of amides is 1. The molecule has 126 valence electrons. The van der Waals surface area contributed by atoms with Crippen LogP contribution in [0.2, 0.25) is 5.02 Å². The molecule has 0 aliphatic heterocycles. The van der Waals surface area contributed by atoms with E-state index in [2.05, 4.69) is 20.5 Å². The molecule has 3 aromatic rings. The fraction of sp³-hybridized carbons (Fsp3) is 0.0625. The number of pyridine rings is 1. The van der Waals surface area contributed by atoms with Crippen molar-refractivity contribution < 1.29 is 14.7 Å². The number of imidazole rings is 1. The number of rotatable bonds is 4. The van der Waals surface area contributed by atoms with E-state index in [1.165, 1.54) is 17.5 Å². The maximum atomic E-state index is 11.4. The molecule has 2 aromatic heterocycles. The molecule has 0 saturated heterocycles. The molecule has 9 heteroatoms. The number of halogens is 1. The third-order valence-corrected chi connectivity index (χ3v) is 3.41. The van der Waals surface area contributed by atoms with Crippen LogP contribution in [0.3, 0.4) is 0 Å². The number of hydrogen-bond donors (Lipinski definition) is 2. The molecular weight excluding hydrogens is 346 g/mol. The summed E-state index contributed by atoms with van der Waals surface area (Å²) in [6, 6.07) is 9.88. The lowest BCUT2D eigenvalue weighted by atomic mass is 10.3. The molecule has 3 rings (SSSR count). The van der Waals surface area contributed by atoms with E-state index < -0.39 is 5.97 Å². The molecule has 0 saturated carbocycles. The van der Waals surface area contributed by atoms with Crippen molar-refractivity contribution in [3.05, 3.63) is 53.3 Å². The minimum atomic E-state index is -1.22. The van der Waals surface area contributed by atoms with Crippen molar-refractivity contribution in [1.29, 1.82) is 0 Å². The summed E-state index contributed by atoms with van der Waals surface area (Å²) in [5.74, 6) is -1.38. The first-order chi connectivity index (χ1) is 11.9. The van der Waals surface area contributed by atoms with E-state index in [1.807, 2.05) is 0 Å². The highest BCUT2D eigenvalue weighted by Gasteiger charge is 2.18. The minimum absolute atomic E-state index is 0.0509. The molecule has 25 heavy (non-hydrogen) atoms. The minimum Gasteiger partial charge on any atom is -0.476 e. The van der Waals surface area contributed by atoms with Gasteiger partial charge in [0.1, 0.15) is 5.65 Å². The van der Waals surface area contributed by atoms with Crippen LogP contribution in [0.5, 0.6) is 0 Å². The van der Waals surface area contributed by atoms with Gasteiger partial charge in [0, 0.05) is 18.8 Å². The smallest absolute Gasteiger partial charge is 0.358 e. The van der Waals surface area contributed by atoms with Gasteiger partial charge in [-0.1, -0.05) is 17.7 Å². The number of azo groups is 1. The highest BCUT2D eigenvalue weighted by atomic mass is 35.5. The van der Waals surface area contributed by atoms with Crippen LogP contribution in [0, 0.1) is 0 Å². The van der Waals surface area contributed by atoms with Crippen LogP contribution in [0.25, 0.3) is 5.65 Å². The number of nitrogens with one attached hydrogen (secondary N) is 1. The number of anilines is 1. The number of fused-ring (bicyclic) bond motifs is 1. The molecule has 0 spiro atoms. The van der Waals surface area contributed by atoms with Gasteiger partial charge in [-0.05, 0) is 30.3 Å². The van der Waals surface area contributed by atoms with Crippen LogP contribution in [0.4, 0.5) is 17.2 Å². The van der Waals surface area contributed by atoms with Gasteiger partial charge in [-0.2, -0.15) is 0 Å². The topological polar surface area (TPSA) is 108 Å². The summed E-state index contributed by atoms with van der Waals surface area (Å²) in [5, 5.41) is 20.4. The highest BCUT2D eigenvalue weighted by Crippen LogP contribution is 2.26. The lowest BCUT2D eigenvalue weighted by molar-refractivity contribution is -0.114. The van der Waals surface area contributed by atoms with Gasteiger partial charge in [0.25, 0.3) is 0 Å². The molecular formula is C16H12ClN5O3. The van der Waals surface area contributed by atoms with Crippen molar-refractivity contribution in [3.63, 3.8) is 0 Å². The number of aromatic nitrogens is 2. The highest BCUT2D eigenvalue weighted by molar-refractivity contribution is 6.30. The Kier molecular flexibility index (Phi) is 4.44. The van der Waals surface area contributed by atoms with E-state index in [9.17, 15) is 14.7 Å². The zero-order valence-corrected chi connectivity index (χ0v) is 13.7. The van der Waals surface area contributed by atoms with E-state index in [0.29, 0.717) is 22.0 Å². The van der Waals surface area contributed by atoms with Gasteiger partial charge in [-0.25, -0.2) is 9.78 Å². The Morgan fingerprint density at radius 2 is 2.04 bits per heavy atom. The van der Waals surface area contributed by atoms with Gasteiger partial charge in [-0.15, -0.1) is 10.2 Å². The monoisotopic (exact) mass is 357 g/mol. The Balaban J connectivity index is 2.03.